The molecule has 25 heavy (non-hydrogen) atoms. The van der Waals surface area contributed by atoms with Crippen molar-refractivity contribution in [3.63, 3.8) is 0 Å². The number of hydrogen-bond donors (Lipinski definition) is 1. The van der Waals surface area contributed by atoms with Gasteiger partial charge in [0.1, 0.15) is 5.70 Å². The number of esters is 1. The molecule has 0 unspecified atom stereocenters. The Morgan fingerprint density at radius 3 is 2.32 bits per heavy atom. The van der Waals surface area contributed by atoms with Crippen molar-refractivity contribution < 1.29 is 14.3 Å². The van der Waals surface area contributed by atoms with Crippen molar-refractivity contribution in [2.45, 2.75) is 0 Å². The SMILES string of the molecule is COC(=O)/C(=C/c1cccc2ccccc12)NC(=O)c1ccccc1. The normalized spacial score (nSPS) is 11.2. The first-order valence-electron chi connectivity index (χ1n) is 7.83. The molecule has 0 bridgehead atoms. The summed E-state index contributed by atoms with van der Waals surface area (Å²) in [5.41, 5.74) is 1.38. The van der Waals surface area contributed by atoms with E-state index < -0.39 is 5.97 Å². The molecule has 0 radical (unpaired) electrons. The van der Waals surface area contributed by atoms with Gasteiger partial charge in [-0.25, -0.2) is 4.79 Å². The Balaban J connectivity index is 1.99. The number of hydrogen-bond acceptors (Lipinski definition) is 3. The number of benzene rings is 3. The van der Waals surface area contributed by atoms with E-state index in [1.807, 2.05) is 48.5 Å². The quantitative estimate of drug-likeness (QED) is 0.585. The van der Waals surface area contributed by atoms with Crippen LogP contribution in [-0.2, 0) is 9.53 Å². The van der Waals surface area contributed by atoms with E-state index in [2.05, 4.69) is 5.32 Å². The number of carbonyl (C=O) groups excluding carboxylic acids is 2. The van der Waals surface area contributed by atoms with Crippen molar-refractivity contribution in [3.8, 4) is 0 Å². The molecular weight excluding hydrogens is 314 g/mol. The fourth-order valence-electron chi connectivity index (χ4n) is 2.57. The minimum atomic E-state index is -0.600. The Hall–Kier alpha value is -3.40. The van der Waals surface area contributed by atoms with Crippen molar-refractivity contribution in [1.29, 1.82) is 0 Å². The first-order chi connectivity index (χ1) is 12.2. The summed E-state index contributed by atoms with van der Waals surface area (Å²) in [6.45, 7) is 0. The van der Waals surface area contributed by atoms with Gasteiger partial charge in [0, 0.05) is 5.56 Å². The van der Waals surface area contributed by atoms with Gasteiger partial charge < -0.3 is 10.1 Å². The third-order valence-corrected chi connectivity index (χ3v) is 3.81. The maximum atomic E-state index is 12.4. The number of ether oxygens (including phenoxy) is 1. The number of fused-ring (bicyclic) bond motifs is 1. The fraction of sp³-hybridized carbons (Fsp3) is 0.0476. The van der Waals surface area contributed by atoms with Crippen LogP contribution in [0.5, 0.6) is 0 Å². The second-order valence-electron chi connectivity index (χ2n) is 5.44. The van der Waals surface area contributed by atoms with Crippen LogP contribution in [0.25, 0.3) is 16.8 Å². The molecule has 3 aromatic carbocycles. The average Bonchev–Trinajstić information content (AvgIpc) is 2.67. The third kappa shape index (κ3) is 3.75. The van der Waals surface area contributed by atoms with Crippen LogP contribution in [0.4, 0.5) is 0 Å². The Kier molecular flexibility index (Phi) is 4.90. The molecule has 124 valence electrons. The van der Waals surface area contributed by atoms with Crippen LogP contribution >= 0.6 is 0 Å². The Labute approximate surface area is 145 Å². The predicted octanol–water partition coefficient (Wildman–Crippen LogP) is 3.78. The van der Waals surface area contributed by atoms with Crippen molar-refractivity contribution in [2.75, 3.05) is 7.11 Å². The Bertz CT molecular complexity index is 940. The highest BCUT2D eigenvalue weighted by Crippen LogP contribution is 2.20. The van der Waals surface area contributed by atoms with Gasteiger partial charge in [0.25, 0.3) is 5.91 Å². The smallest absolute Gasteiger partial charge is 0.354 e. The van der Waals surface area contributed by atoms with Crippen molar-refractivity contribution in [2.24, 2.45) is 0 Å². The van der Waals surface area contributed by atoms with E-state index in [-0.39, 0.29) is 11.6 Å². The van der Waals surface area contributed by atoms with E-state index in [4.69, 9.17) is 4.74 Å². The van der Waals surface area contributed by atoms with E-state index in [1.54, 1.807) is 30.3 Å². The highest BCUT2D eigenvalue weighted by molar-refractivity contribution is 6.04. The Morgan fingerprint density at radius 2 is 1.56 bits per heavy atom. The monoisotopic (exact) mass is 331 g/mol. The molecule has 0 heterocycles. The van der Waals surface area contributed by atoms with Gasteiger partial charge in [-0.1, -0.05) is 60.7 Å². The van der Waals surface area contributed by atoms with Gasteiger partial charge >= 0.3 is 5.97 Å². The van der Waals surface area contributed by atoms with E-state index >= 15 is 0 Å². The second kappa shape index (κ2) is 7.45. The lowest BCUT2D eigenvalue weighted by Crippen LogP contribution is -2.28. The maximum Gasteiger partial charge on any atom is 0.354 e. The predicted molar refractivity (Wildman–Crippen MR) is 97.8 cm³/mol. The number of methoxy groups -OCH3 is 1. The van der Waals surface area contributed by atoms with Gasteiger partial charge in [0.05, 0.1) is 7.11 Å². The largest absolute Gasteiger partial charge is 0.464 e. The lowest BCUT2D eigenvalue weighted by Gasteiger charge is -2.09. The molecule has 1 amide bonds. The summed E-state index contributed by atoms with van der Waals surface area (Å²) in [7, 11) is 1.29. The van der Waals surface area contributed by atoms with Crippen LogP contribution in [0.3, 0.4) is 0 Å². The van der Waals surface area contributed by atoms with Crippen LogP contribution in [-0.4, -0.2) is 19.0 Å². The minimum absolute atomic E-state index is 0.0905. The third-order valence-electron chi connectivity index (χ3n) is 3.81. The molecule has 0 saturated heterocycles. The molecular formula is C21H17NO3. The minimum Gasteiger partial charge on any atom is -0.464 e. The molecule has 1 N–H and O–H groups in total. The molecule has 0 spiro atoms. The van der Waals surface area contributed by atoms with Crippen molar-refractivity contribution >= 4 is 28.7 Å². The van der Waals surface area contributed by atoms with Crippen LogP contribution in [0.2, 0.25) is 0 Å². The molecule has 0 aromatic heterocycles. The van der Waals surface area contributed by atoms with Gasteiger partial charge in [-0.3, -0.25) is 4.79 Å². The first kappa shape index (κ1) is 16.5. The average molecular weight is 331 g/mol. The summed E-state index contributed by atoms with van der Waals surface area (Å²) in [6, 6.07) is 22.3. The number of carbonyl (C=O) groups is 2. The van der Waals surface area contributed by atoms with Crippen LogP contribution in [0, 0.1) is 0 Å². The molecule has 0 fully saturated rings. The van der Waals surface area contributed by atoms with Gasteiger partial charge in [-0.2, -0.15) is 0 Å². The molecule has 0 aliphatic rings. The van der Waals surface area contributed by atoms with E-state index in [0.717, 1.165) is 16.3 Å². The number of rotatable bonds is 4. The summed E-state index contributed by atoms with van der Waals surface area (Å²) >= 11 is 0. The molecule has 4 nitrogen and oxygen atoms in total. The molecule has 3 aromatic rings. The zero-order valence-corrected chi connectivity index (χ0v) is 13.7. The van der Waals surface area contributed by atoms with Gasteiger partial charge in [-0.05, 0) is 34.5 Å². The van der Waals surface area contributed by atoms with Crippen molar-refractivity contribution in [3.05, 3.63) is 89.6 Å². The topological polar surface area (TPSA) is 55.4 Å². The highest BCUT2D eigenvalue weighted by atomic mass is 16.5. The van der Waals surface area contributed by atoms with E-state index in [1.165, 1.54) is 7.11 Å². The molecule has 0 aliphatic carbocycles. The van der Waals surface area contributed by atoms with Crippen LogP contribution in [0.15, 0.2) is 78.5 Å². The zero-order chi connectivity index (χ0) is 17.6. The summed E-state index contributed by atoms with van der Waals surface area (Å²) < 4.78 is 4.81. The van der Waals surface area contributed by atoms with Crippen LogP contribution in [0.1, 0.15) is 15.9 Å². The zero-order valence-electron chi connectivity index (χ0n) is 13.7. The molecule has 0 saturated carbocycles. The van der Waals surface area contributed by atoms with Gasteiger partial charge in [0.15, 0.2) is 0 Å². The lowest BCUT2D eigenvalue weighted by atomic mass is 10.0. The summed E-state index contributed by atoms with van der Waals surface area (Å²) in [4.78, 5) is 24.5. The summed E-state index contributed by atoms with van der Waals surface area (Å²) in [5.74, 6) is -0.963. The summed E-state index contributed by atoms with van der Waals surface area (Å²) in [6.07, 6.45) is 1.63. The molecule has 0 aliphatic heterocycles. The standard InChI is InChI=1S/C21H17NO3/c1-25-21(24)19(22-20(23)16-9-3-2-4-10-16)14-17-12-7-11-15-8-5-6-13-18(15)17/h2-14H,1H3,(H,22,23)/b19-14-. The summed E-state index contributed by atoms with van der Waals surface area (Å²) in [5, 5.41) is 4.68. The van der Waals surface area contributed by atoms with Gasteiger partial charge in [0.2, 0.25) is 0 Å². The number of nitrogens with one attached hydrogen (secondary N) is 1. The Morgan fingerprint density at radius 1 is 0.880 bits per heavy atom. The van der Waals surface area contributed by atoms with Crippen molar-refractivity contribution in [1.82, 2.24) is 5.32 Å². The van der Waals surface area contributed by atoms with E-state index in [0.29, 0.717) is 5.56 Å². The molecule has 0 atom stereocenters. The maximum absolute atomic E-state index is 12.4. The highest BCUT2D eigenvalue weighted by Gasteiger charge is 2.15. The first-order valence-corrected chi connectivity index (χ1v) is 7.83. The van der Waals surface area contributed by atoms with Crippen LogP contribution < -0.4 is 5.32 Å². The number of amides is 1. The lowest BCUT2D eigenvalue weighted by molar-refractivity contribution is -0.136. The second-order valence-corrected chi connectivity index (χ2v) is 5.44. The molecule has 3 rings (SSSR count). The van der Waals surface area contributed by atoms with Gasteiger partial charge in [-0.15, -0.1) is 0 Å². The molecule has 4 heteroatoms. The van der Waals surface area contributed by atoms with E-state index in [9.17, 15) is 9.59 Å². The fourth-order valence-corrected chi connectivity index (χ4v) is 2.57.